The Morgan fingerprint density at radius 1 is 1.00 bits per heavy atom. The van der Waals surface area contributed by atoms with Gasteiger partial charge in [0.25, 0.3) is 0 Å². The largest absolute Gasteiger partial charge is 0.384 e. The molecule has 0 saturated heterocycles. The van der Waals surface area contributed by atoms with Gasteiger partial charge in [-0.1, -0.05) is 18.2 Å². The van der Waals surface area contributed by atoms with Crippen molar-refractivity contribution < 1.29 is 9.47 Å². The van der Waals surface area contributed by atoms with Crippen molar-refractivity contribution in [2.75, 3.05) is 27.4 Å². The molecular weight excluding hydrogens is 176 g/mol. The molecule has 0 aliphatic carbocycles. The summed E-state index contributed by atoms with van der Waals surface area (Å²) in [5.41, 5.74) is 2.42. The van der Waals surface area contributed by atoms with E-state index >= 15 is 0 Å². The molecule has 0 fully saturated rings. The molecule has 14 heavy (non-hydrogen) atoms. The maximum Gasteiger partial charge on any atom is 0.0502 e. The van der Waals surface area contributed by atoms with Gasteiger partial charge in [-0.15, -0.1) is 0 Å². The highest BCUT2D eigenvalue weighted by Crippen LogP contribution is 2.05. The normalized spacial score (nSPS) is 10.4. The SMILES string of the molecule is COCCc1[c]c(CCOC)ccc1. The Morgan fingerprint density at radius 2 is 1.50 bits per heavy atom. The summed E-state index contributed by atoms with van der Waals surface area (Å²) in [5, 5.41) is 0. The van der Waals surface area contributed by atoms with E-state index in [2.05, 4.69) is 24.3 Å². The molecule has 1 aromatic rings. The Labute approximate surface area is 85.8 Å². The lowest BCUT2D eigenvalue weighted by molar-refractivity contribution is 0.201. The van der Waals surface area contributed by atoms with E-state index < -0.39 is 0 Å². The average molecular weight is 193 g/mol. The van der Waals surface area contributed by atoms with E-state index in [1.165, 1.54) is 11.1 Å². The number of benzene rings is 1. The standard InChI is InChI=1S/C12H17O2/c1-13-8-6-11-4-3-5-12(10-11)7-9-14-2/h3-5H,6-9H2,1-2H3. The van der Waals surface area contributed by atoms with Crippen LogP contribution in [0.3, 0.4) is 0 Å². The van der Waals surface area contributed by atoms with Crippen molar-refractivity contribution in [3.63, 3.8) is 0 Å². The highest BCUT2D eigenvalue weighted by molar-refractivity contribution is 5.22. The monoisotopic (exact) mass is 193 g/mol. The van der Waals surface area contributed by atoms with Crippen molar-refractivity contribution in [2.45, 2.75) is 12.8 Å². The van der Waals surface area contributed by atoms with E-state index in [-0.39, 0.29) is 0 Å². The van der Waals surface area contributed by atoms with Crippen LogP contribution in [0.4, 0.5) is 0 Å². The molecule has 77 valence electrons. The van der Waals surface area contributed by atoms with Crippen molar-refractivity contribution in [3.8, 4) is 0 Å². The van der Waals surface area contributed by atoms with Crippen molar-refractivity contribution in [1.29, 1.82) is 0 Å². The zero-order valence-corrected chi connectivity index (χ0v) is 8.88. The molecule has 0 saturated carbocycles. The van der Waals surface area contributed by atoms with Gasteiger partial charge < -0.3 is 9.47 Å². The molecule has 0 heterocycles. The number of hydrogen-bond acceptors (Lipinski definition) is 2. The van der Waals surface area contributed by atoms with Gasteiger partial charge in [0.15, 0.2) is 0 Å². The molecule has 2 heteroatoms. The van der Waals surface area contributed by atoms with Crippen LogP contribution in [-0.2, 0) is 22.3 Å². The topological polar surface area (TPSA) is 18.5 Å². The van der Waals surface area contributed by atoms with Gasteiger partial charge in [-0.05, 0) is 30.0 Å². The summed E-state index contributed by atoms with van der Waals surface area (Å²) in [6.45, 7) is 1.51. The molecule has 0 spiro atoms. The van der Waals surface area contributed by atoms with E-state index in [0.29, 0.717) is 0 Å². The first-order valence-corrected chi connectivity index (χ1v) is 4.84. The van der Waals surface area contributed by atoms with Crippen LogP contribution in [0.15, 0.2) is 18.2 Å². The molecule has 1 radical (unpaired) electrons. The van der Waals surface area contributed by atoms with Crippen molar-refractivity contribution in [2.24, 2.45) is 0 Å². The molecule has 0 unspecified atom stereocenters. The summed E-state index contributed by atoms with van der Waals surface area (Å²) < 4.78 is 10.0. The zero-order chi connectivity index (χ0) is 10.2. The van der Waals surface area contributed by atoms with Gasteiger partial charge in [-0.2, -0.15) is 0 Å². The van der Waals surface area contributed by atoms with E-state index in [0.717, 1.165) is 26.1 Å². The summed E-state index contributed by atoms with van der Waals surface area (Å²) in [5.74, 6) is 0. The maximum atomic E-state index is 5.02. The molecule has 0 N–H and O–H groups in total. The fourth-order valence-electron chi connectivity index (χ4n) is 1.29. The van der Waals surface area contributed by atoms with Crippen LogP contribution < -0.4 is 0 Å². The van der Waals surface area contributed by atoms with E-state index in [9.17, 15) is 0 Å². The van der Waals surface area contributed by atoms with Crippen LogP contribution in [0.2, 0.25) is 0 Å². The Balaban J connectivity index is 2.50. The third-order valence-corrected chi connectivity index (χ3v) is 2.07. The Hall–Kier alpha value is -0.860. The quantitative estimate of drug-likeness (QED) is 0.686. The minimum absolute atomic E-state index is 0.754. The number of methoxy groups -OCH3 is 2. The fraction of sp³-hybridized carbons (Fsp3) is 0.500. The summed E-state index contributed by atoms with van der Waals surface area (Å²) in [4.78, 5) is 0. The predicted octanol–water partition coefficient (Wildman–Crippen LogP) is 1.86. The highest BCUT2D eigenvalue weighted by Gasteiger charge is 1.96. The molecule has 0 aromatic heterocycles. The molecule has 0 amide bonds. The van der Waals surface area contributed by atoms with Gasteiger partial charge in [0.2, 0.25) is 0 Å². The van der Waals surface area contributed by atoms with Crippen molar-refractivity contribution in [1.82, 2.24) is 0 Å². The van der Waals surface area contributed by atoms with Crippen LogP contribution >= 0.6 is 0 Å². The van der Waals surface area contributed by atoms with Gasteiger partial charge in [-0.3, -0.25) is 0 Å². The third-order valence-electron chi connectivity index (χ3n) is 2.07. The molecule has 0 aliphatic rings. The molecule has 0 aliphatic heterocycles. The van der Waals surface area contributed by atoms with E-state index in [1.54, 1.807) is 14.2 Å². The summed E-state index contributed by atoms with van der Waals surface area (Å²) in [6.07, 6.45) is 1.86. The minimum Gasteiger partial charge on any atom is -0.384 e. The second-order valence-electron chi connectivity index (χ2n) is 3.19. The Kier molecular flexibility index (Phi) is 5.27. The van der Waals surface area contributed by atoms with Crippen LogP contribution in [0.1, 0.15) is 11.1 Å². The fourth-order valence-corrected chi connectivity index (χ4v) is 1.29. The van der Waals surface area contributed by atoms with Gasteiger partial charge >= 0.3 is 0 Å². The predicted molar refractivity (Wildman–Crippen MR) is 56.4 cm³/mol. The Bertz CT molecular complexity index is 235. The highest BCUT2D eigenvalue weighted by atomic mass is 16.5. The molecule has 1 rings (SSSR count). The van der Waals surface area contributed by atoms with E-state index in [1.807, 2.05) is 0 Å². The van der Waals surface area contributed by atoms with Crippen LogP contribution in [0.25, 0.3) is 0 Å². The first-order chi connectivity index (χ1) is 6.86. The molecule has 2 nitrogen and oxygen atoms in total. The van der Waals surface area contributed by atoms with Gasteiger partial charge in [0.1, 0.15) is 0 Å². The van der Waals surface area contributed by atoms with Crippen molar-refractivity contribution >= 4 is 0 Å². The maximum absolute atomic E-state index is 5.02. The first kappa shape index (κ1) is 11.2. The minimum atomic E-state index is 0.754. The second-order valence-corrected chi connectivity index (χ2v) is 3.19. The number of ether oxygens (including phenoxy) is 2. The number of hydrogen-bond donors (Lipinski definition) is 0. The first-order valence-electron chi connectivity index (χ1n) is 4.84. The number of rotatable bonds is 6. The summed E-state index contributed by atoms with van der Waals surface area (Å²) >= 11 is 0. The molecule has 0 atom stereocenters. The molecular formula is C12H17O2. The summed E-state index contributed by atoms with van der Waals surface area (Å²) in [7, 11) is 3.43. The summed E-state index contributed by atoms with van der Waals surface area (Å²) in [6, 6.07) is 9.57. The Morgan fingerprint density at radius 3 is 1.93 bits per heavy atom. The smallest absolute Gasteiger partial charge is 0.0502 e. The third kappa shape index (κ3) is 3.90. The van der Waals surface area contributed by atoms with Gasteiger partial charge in [0, 0.05) is 14.2 Å². The van der Waals surface area contributed by atoms with Crippen LogP contribution in [0.5, 0.6) is 0 Å². The lowest BCUT2D eigenvalue weighted by atomic mass is 10.1. The van der Waals surface area contributed by atoms with E-state index in [4.69, 9.17) is 9.47 Å². The van der Waals surface area contributed by atoms with Gasteiger partial charge in [-0.25, -0.2) is 0 Å². The zero-order valence-electron chi connectivity index (χ0n) is 8.88. The van der Waals surface area contributed by atoms with Crippen LogP contribution in [-0.4, -0.2) is 27.4 Å². The molecule has 1 aromatic carbocycles. The van der Waals surface area contributed by atoms with Crippen molar-refractivity contribution in [3.05, 3.63) is 35.4 Å². The molecule has 0 bridgehead atoms. The second kappa shape index (κ2) is 6.57. The van der Waals surface area contributed by atoms with Gasteiger partial charge in [0.05, 0.1) is 13.2 Å². The average Bonchev–Trinajstić information content (AvgIpc) is 2.24. The lowest BCUT2D eigenvalue weighted by Crippen LogP contribution is -1.98. The lowest BCUT2D eigenvalue weighted by Gasteiger charge is -2.03. The van der Waals surface area contributed by atoms with Crippen LogP contribution in [0, 0.1) is 6.07 Å².